The Balaban J connectivity index is 1.19. The summed E-state index contributed by atoms with van der Waals surface area (Å²) in [5, 5.41) is 0. The normalized spacial score (nSPS) is 10.9. The predicted molar refractivity (Wildman–Crippen MR) is 155 cm³/mol. The van der Waals surface area contributed by atoms with Crippen LogP contribution < -0.4 is 9.47 Å². The number of halogens is 1. The third-order valence-electron chi connectivity index (χ3n) is 6.33. The van der Waals surface area contributed by atoms with Crippen molar-refractivity contribution >= 4 is 23.9 Å². The van der Waals surface area contributed by atoms with Crippen LogP contribution in [0.25, 0.3) is 12.2 Å². The number of hydrogen-bond acceptors (Lipinski definition) is 4. The average molecular weight is 529 g/mol. The van der Waals surface area contributed by atoms with E-state index < -0.39 is 0 Å². The second-order valence-corrected chi connectivity index (χ2v) is 9.45. The van der Waals surface area contributed by atoms with Crippen molar-refractivity contribution in [2.45, 2.75) is 57.8 Å². The van der Waals surface area contributed by atoms with Gasteiger partial charge in [-0.1, -0.05) is 81.5 Å². The Morgan fingerprint density at radius 3 is 1.90 bits per heavy atom. The lowest BCUT2D eigenvalue weighted by Gasteiger charge is -2.07. The van der Waals surface area contributed by atoms with E-state index >= 15 is 0 Å². The van der Waals surface area contributed by atoms with Crippen LogP contribution in [0, 0.1) is 5.82 Å². The topological polar surface area (TPSA) is 52.6 Å². The summed E-state index contributed by atoms with van der Waals surface area (Å²) in [5.74, 6) is 0.572. The van der Waals surface area contributed by atoms with Crippen LogP contribution in [0.1, 0.15) is 79.3 Å². The van der Waals surface area contributed by atoms with Gasteiger partial charge in [0.2, 0.25) is 0 Å². The fourth-order valence-corrected chi connectivity index (χ4v) is 4.03. The summed E-state index contributed by atoms with van der Waals surface area (Å²) in [7, 11) is 0. The number of unbranched alkanes of at least 4 members (excludes halogenated alkanes) is 7. The number of rotatable bonds is 17. The van der Waals surface area contributed by atoms with Gasteiger partial charge in [-0.25, -0.2) is 4.39 Å². The average Bonchev–Trinajstić information content (AvgIpc) is 2.96. The van der Waals surface area contributed by atoms with Crippen molar-refractivity contribution in [2.24, 2.45) is 0 Å². The smallest absolute Gasteiger partial charge is 0.311 e. The lowest BCUT2D eigenvalue weighted by Crippen LogP contribution is -2.07. The molecule has 0 aliphatic carbocycles. The summed E-state index contributed by atoms with van der Waals surface area (Å²) in [6, 6.07) is 20.4. The maximum Gasteiger partial charge on any atom is 0.311 e. The molecular weight excluding hydrogens is 491 g/mol. The van der Waals surface area contributed by atoms with Crippen molar-refractivity contribution in [2.75, 3.05) is 6.61 Å². The van der Waals surface area contributed by atoms with Crippen LogP contribution in [-0.2, 0) is 4.79 Å². The van der Waals surface area contributed by atoms with Gasteiger partial charge in [-0.15, -0.1) is 0 Å². The van der Waals surface area contributed by atoms with Crippen molar-refractivity contribution in [3.63, 3.8) is 0 Å². The van der Waals surface area contributed by atoms with E-state index in [0.717, 1.165) is 55.6 Å². The third kappa shape index (κ3) is 11.5. The molecule has 0 aliphatic heterocycles. The number of carbonyl (C=O) groups excluding carboxylic acids is 2. The molecular formula is C34H37FO4. The van der Waals surface area contributed by atoms with E-state index in [4.69, 9.17) is 9.47 Å². The molecule has 0 heterocycles. The first kappa shape index (κ1) is 29.6. The van der Waals surface area contributed by atoms with Gasteiger partial charge >= 0.3 is 5.97 Å². The first-order valence-electron chi connectivity index (χ1n) is 13.7. The van der Waals surface area contributed by atoms with Gasteiger partial charge in [0.05, 0.1) is 6.61 Å². The quantitative estimate of drug-likeness (QED) is 0.0577. The Kier molecular flexibility index (Phi) is 12.7. The van der Waals surface area contributed by atoms with Gasteiger partial charge in [-0.3, -0.25) is 9.59 Å². The third-order valence-corrected chi connectivity index (χ3v) is 6.33. The fraction of sp³-hybridized carbons (Fsp3) is 0.294. The van der Waals surface area contributed by atoms with E-state index in [1.54, 1.807) is 30.3 Å². The zero-order valence-corrected chi connectivity index (χ0v) is 22.4. The first-order chi connectivity index (χ1) is 19.0. The molecule has 0 radical (unpaired) electrons. The zero-order chi connectivity index (χ0) is 27.7. The largest absolute Gasteiger partial charge is 0.494 e. The minimum absolute atomic E-state index is 0.207. The lowest BCUT2D eigenvalue weighted by atomic mass is 10.1. The number of ether oxygens (including phenoxy) is 2. The van der Waals surface area contributed by atoms with Crippen LogP contribution >= 0.6 is 0 Å². The van der Waals surface area contributed by atoms with Crippen LogP contribution in [0.15, 0.2) is 85.5 Å². The molecule has 204 valence electrons. The maximum atomic E-state index is 13.0. The van der Waals surface area contributed by atoms with Crippen LogP contribution in [0.5, 0.6) is 11.5 Å². The molecule has 0 atom stereocenters. The zero-order valence-electron chi connectivity index (χ0n) is 22.4. The summed E-state index contributed by atoms with van der Waals surface area (Å²) in [4.78, 5) is 24.3. The lowest BCUT2D eigenvalue weighted by molar-refractivity contribution is -0.134. The number of allylic oxidation sites excluding steroid dienone is 1. The van der Waals surface area contributed by atoms with E-state index in [1.807, 2.05) is 30.3 Å². The Morgan fingerprint density at radius 1 is 0.692 bits per heavy atom. The molecule has 0 unspecified atom stereocenters. The van der Waals surface area contributed by atoms with Crippen molar-refractivity contribution in [1.29, 1.82) is 0 Å². The highest BCUT2D eigenvalue weighted by atomic mass is 19.1. The van der Waals surface area contributed by atoms with E-state index in [-0.39, 0.29) is 17.6 Å². The van der Waals surface area contributed by atoms with Crippen LogP contribution in [0.3, 0.4) is 0 Å². The van der Waals surface area contributed by atoms with E-state index in [0.29, 0.717) is 17.7 Å². The molecule has 0 bridgehead atoms. The number of hydrogen-bond donors (Lipinski definition) is 0. The van der Waals surface area contributed by atoms with Crippen LogP contribution in [-0.4, -0.2) is 18.4 Å². The minimum Gasteiger partial charge on any atom is -0.494 e. The molecule has 4 nitrogen and oxygen atoms in total. The van der Waals surface area contributed by atoms with Gasteiger partial charge in [-0.05, 0) is 78.6 Å². The number of esters is 1. The number of carbonyl (C=O) groups is 2. The van der Waals surface area contributed by atoms with Gasteiger partial charge in [0.25, 0.3) is 0 Å². The molecule has 0 N–H and O–H groups in total. The van der Waals surface area contributed by atoms with Gasteiger partial charge in [0, 0.05) is 12.0 Å². The van der Waals surface area contributed by atoms with Crippen molar-refractivity contribution in [1.82, 2.24) is 0 Å². The Bertz CT molecular complexity index is 1200. The Labute approximate surface area is 231 Å². The van der Waals surface area contributed by atoms with Crippen molar-refractivity contribution in [3.05, 3.63) is 108 Å². The number of ketones is 1. The van der Waals surface area contributed by atoms with Crippen LogP contribution in [0.2, 0.25) is 0 Å². The molecule has 0 fully saturated rings. The molecule has 0 spiro atoms. The summed E-state index contributed by atoms with van der Waals surface area (Å²) in [5.41, 5.74) is 2.32. The van der Waals surface area contributed by atoms with Gasteiger partial charge < -0.3 is 9.47 Å². The van der Waals surface area contributed by atoms with E-state index in [1.165, 1.54) is 49.6 Å². The molecule has 3 aromatic carbocycles. The van der Waals surface area contributed by atoms with Gasteiger partial charge in [0.15, 0.2) is 5.78 Å². The SMILES string of the molecule is C=Cc1ccc(OCCCCCCCCCCC(=O)Oc2ccc(C=CC(=O)c3ccc(F)cc3)cc2)cc1. The standard InChI is InChI=1S/C34H37FO4/c1-2-27-12-21-31(22-13-27)38-26-10-8-6-4-3-5-7-9-11-34(37)39-32-23-14-28(15-24-32)16-25-33(36)29-17-19-30(35)20-18-29/h2,12-25H,1,3-11,26H2. The van der Waals surface area contributed by atoms with E-state index in [2.05, 4.69) is 6.58 Å². The molecule has 3 rings (SSSR count). The molecule has 3 aromatic rings. The Hall–Kier alpha value is -3.99. The molecule has 5 heteroatoms. The molecule has 0 amide bonds. The second kappa shape index (κ2) is 16.8. The number of benzene rings is 3. The Morgan fingerprint density at radius 2 is 1.26 bits per heavy atom. The van der Waals surface area contributed by atoms with Gasteiger partial charge in [-0.2, -0.15) is 0 Å². The molecule has 39 heavy (non-hydrogen) atoms. The minimum atomic E-state index is -0.378. The van der Waals surface area contributed by atoms with Gasteiger partial charge in [0.1, 0.15) is 17.3 Å². The summed E-state index contributed by atoms with van der Waals surface area (Å²) >= 11 is 0. The highest BCUT2D eigenvalue weighted by molar-refractivity contribution is 6.06. The fourth-order valence-electron chi connectivity index (χ4n) is 4.03. The van der Waals surface area contributed by atoms with Crippen molar-refractivity contribution in [3.8, 4) is 11.5 Å². The first-order valence-corrected chi connectivity index (χ1v) is 13.7. The summed E-state index contributed by atoms with van der Waals surface area (Å²) in [6.45, 7) is 4.50. The highest BCUT2D eigenvalue weighted by Gasteiger charge is 2.05. The van der Waals surface area contributed by atoms with E-state index in [9.17, 15) is 14.0 Å². The molecule has 0 saturated heterocycles. The van der Waals surface area contributed by atoms with Crippen molar-refractivity contribution < 1.29 is 23.5 Å². The highest BCUT2D eigenvalue weighted by Crippen LogP contribution is 2.17. The van der Waals surface area contributed by atoms with Crippen LogP contribution in [0.4, 0.5) is 4.39 Å². The maximum absolute atomic E-state index is 13.0. The predicted octanol–water partition coefficient (Wildman–Crippen LogP) is 8.86. The monoisotopic (exact) mass is 528 g/mol. The summed E-state index contributed by atoms with van der Waals surface area (Å²) < 4.78 is 24.2. The molecule has 0 saturated carbocycles. The molecule has 0 aromatic heterocycles. The second-order valence-electron chi connectivity index (χ2n) is 9.45. The molecule has 0 aliphatic rings. The summed E-state index contributed by atoms with van der Waals surface area (Å²) in [6.07, 6.45) is 14.1.